The second-order valence-corrected chi connectivity index (χ2v) is 4.92. The van der Waals surface area contributed by atoms with Crippen molar-refractivity contribution < 1.29 is 9.84 Å². The SMILES string of the molecule is Cc1cn([C@H]2C[C@](C)(CO)CO2)c(=O)[nH]c1=O. The molecule has 2 atom stereocenters. The zero-order chi connectivity index (χ0) is 12.6. The van der Waals surface area contributed by atoms with Crippen molar-refractivity contribution in [2.24, 2.45) is 5.41 Å². The summed E-state index contributed by atoms with van der Waals surface area (Å²) in [6, 6.07) is 0. The van der Waals surface area contributed by atoms with E-state index >= 15 is 0 Å². The molecule has 6 nitrogen and oxygen atoms in total. The number of H-pyrrole nitrogens is 1. The maximum atomic E-state index is 11.6. The first-order valence-corrected chi connectivity index (χ1v) is 5.50. The van der Waals surface area contributed by atoms with Gasteiger partial charge in [-0.2, -0.15) is 0 Å². The molecule has 1 fully saturated rings. The minimum absolute atomic E-state index is 0.0145. The summed E-state index contributed by atoms with van der Waals surface area (Å²) in [5.41, 5.74) is -0.721. The van der Waals surface area contributed by atoms with Crippen molar-refractivity contribution in [1.82, 2.24) is 9.55 Å². The molecule has 1 aliphatic heterocycles. The minimum Gasteiger partial charge on any atom is -0.396 e. The van der Waals surface area contributed by atoms with E-state index in [-0.39, 0.29) is 17.6 Å². The lowest BCUT2D eigenvalue weighted by Crippen LogP contribution is -2.33. The Hall–Kier alpha value is -1.40. The third-order valence-electron chi connectivity index (χ3n) is 3.13. The Balaban J connectivity index is 2.34. The van der Waals surface area contributed by atoms with Crippen LogP contribution >= 0.6 is 0 Å². The smallest absolute Gasteiger partial charge is 0.330 e. The number of nitrogens with one attached hydrogen (secondary N) is 1. The highest BCUT2D eigenvalue weighted by molar-refractivity contribution is 5.02. The van der Waals surface area contributed by atoms with Gasteiger partial charge >= 0.3 is 5.69 Å². The Kier molecular flexibility index (Phi) is 2.92. The average molecular weight is 240 g/mol. The minimum atomic E-state index is -0.479. The summed E-state index contributed by atoms with van der Waals surface area (Å²) in [6.07, 6.45) is 1.62. The van der Waals surface area contributed by atoms with Crippen LogP contribution in [0.3, 0.4) is 0 Å². The van der Waals surface area contributed by atoms with Gasteiger partial charge in [-0.05, 0) is 6.92 Å². The Labute approximate surface area is 97.9 Å². The van der Waals surface area contributed by atoms with Gasteiger partial charge in [0.05, 0.1) is 13.2 Å². The van der Waals surface area contributed by atoms with Crippen LogP contribution in [-0.2, 0) is 4.74 Å². The number of nitrogens with zero attached hydrogens (tertiary/aromatic N) is 1. The molecule has 2 heterocycles. The van der Waals surface area contributed by atoms with Crippen LogP contribution in [-0.4, -0.2) is 27.9 Å². The van der Waals surface area contributed by atoms with Gasteiger partial charge in [0, 0.05) is 23.6 Å². The molecule has 0 amide bonds. The number of aliphatic hydroxyl groups is 1. The van der Waals surface area contributed by atoms with E-state index in [2.05, 4.69) is 4.98 Å². The predicted octanol–water partition coefficient (Wildman–Crippen LogP) is -0.237. The summed E-state index contributed by atoms with van der Waals surface area (Å²) < 4.78 is 6.87. The molecule has 0 bridgehead atoms. The van der Waals surface area contributed by atoms with Crippen LogP contribution in [0.15, 0.2) is 15.8 Å². The fraction of sp³-hybridized carbons (Fsp3) is 0.636. The van der Waals surface area contributed by atoms with E-state index in [4.69, 9.17) is 4.74 Å². The van der Waals surface area contributed by atoms with Crippen LogP contribution < -0.4 is 11.2 Å². The Morgan fingerprint density at radius 2 is 2.35 bits per heavy atom. The molecule has 0 saturated carbocycles. The van der Waals surface area contributed by atoms with E-state index in [0.717, 1.165) is 0 Å². The lowest BCUT2D eigenvalue weighted by atomic mass is 9.90. The Morgan fingerprint density at radius 3 is 2.94 bits per heavy atom. The normalized spacial score (nSPS) is 28.5. The van der Waals surface area contributed by atoms with Crippen LogP contribution in [0, 0.1) is 12.3 Å². The van der Waals surface area contributed by atoms with Gasteiger partial charge in [0.1, 0.15) is 6.23 Å². The zero-order valence-electron chi connectivity index (χ0n) is 9.90. The molecule has 0 spiro atoms. The van der Waals surface area contributed by atoms with Gasteiger partial charge in [-0.1, -0.05) is 6.92 Å². The highest BCUT2D eigenvalue weighted by Gasteiger charge is 2.37. The number of aliphatic hydroxyl groups excluding tert-OH is 1. The zero-order valence-corrected chi connectivity index (χ0v) is 9.90. The van der Waals surface area contributed by atoms with Crippen LogP contribution in [0.25, 0.3) is 0 Å². The van der Waals surface area contributed by atoms with Crippen molar-refractivity contribution in [3.63, 3.8) is 0 Å². The lowest BCUT2D eigenvalue weighted by Gasteiger charge is -2.18. The molecule has 1 saturated heterocycles. The van der Waals surface area contributed by atoms with Crippen molar-refractivity contribution >= 4 is 0 Å². The van der Waals surface area contributed by atoms with Gasteiger partial charge < -0.3 is 9.84 Å². The second-order valence-electron chi connectivity index (χ2n) is 4.92. The summed E-state index contributed by atoms with van der Waals surface area (Å²) in [4.78, 5) is 25.1. The van der Waals surface area contributed by atoms with Crippen molar-refractivity contribution in [3.8, 4) is 0 Å². The van der Waals surface area contributed by atoms with E-state index in [1.807, 2.05) is 6.92 Å². The number of rotatable bonds is 2. The maximum Gasteiger partial charge on any atom is 0.330 e. The molecule has 2 rings (SSSR count). The Morgan fingerprint density at radius 1 is 1.65 bits per heavy atom. The van der Waals surface area contributed by atoms with Crippen molar-refractivity contribution in [3.05, 3.63) is 32.6 Å². The van der Waals surface area contributed by atoms with Gasteiger partial charge in [-0.15, -0.1) is 0 Å². The molecule has 1 aromatic rings. The highest BCUT2D eigenvalue weighted by Crippen LogP contribution is 2.36. The first kappa shape index (κ1) is 12.1. The van der Waals surface area contributed by atoms with Crippen LogP contribution in [0.2, 0.25) is 0 Å². The molecule has 94 valence electrons. The standard InChI is InChI=1S/C11H16N2O4/c1-7-4-13(10(16)12-9(7)15)8-3-11(2,5-14)6-17-8/h4,8,14H,3,5-6H2,1-2H3,(H,12,15,16)/t8-,11-/m1/s1. The molecule has 0 radical (unpaired) electrons. The van der Waals surface area contributed by atoms with E-state index in [1.54, 1.807) is 6.92 Å². The van der Waals surface area contributed by atoms with Crippen molar-refractivity contribution in [2.75, 3.05) is 13.2 Å². The van der Waals surface area contributed by atoms with E-state index in [1.165, 1.54) is 10.8 Å². The molecule has 2 N–H and O–H groups in total. The third kappa shape index (κ3) is 2.18. The molecule has 1 aliphatic rings. The third-order valence-corrected chi connectivity index (χ3v) is 3.13. The summed E-state index contributed by atoms with van der Waals surface area (Å²) in [6.45, 7) is 3.95. The van der Waals surface area contributed by atoms with Crippen molar-refractivity contribution in [1.29, 1.82) is 0 Å². The van der Waals surface area contributed by atoms with Crippen molar-refractivity contribution in [2.45, 2.75) is 26.5 Å². The number of hydrogen-bond acceptors (Lipinski definition) is 4. The van der Waals surface area contributed by atoms with E-state index in [9.17, 15) is 14.7 Å². The monoisotopic (exact) mass is 240 g/mol. The first-order valence-electron chi connectivity index (χ1n) is 5.50. The number of aromatic nitrogens is 2. The molecular weight excluding hydrogens is 224 g/mol. The summed E-state index contributed by atoms with van der Waals surface area (Å²) in [5, 5.41) is 9.23. The second kappa shape index (κ2) is 4.12. The summed E-state index contributed by atoms with van der Waals surface area (Å²) in [5.74, 6) is 0. The molecule has 0 unspecified atom stereocenters. The number of aromatic amines is 1. The van der Waals surface area contributed by atoms with Gasteiger partial charge in [-0.3, -0.25) is 14.3 Å². The number of hydrogen-bond donors (Lipinski definition) is 2. The molecular formula is C11H16N2O4. The fourth-order valence-corrected chi connectivity index (χ4v) is 1.93. The fourth-order valence-electron chi connectivity index (χ4n) is 1.93. The van der Waals surface area contributed by atoms with Gasteiger partial charge in [0.2, 0.25) is 0 Å². The van der Waals surface area contributed by atoms with Crippen LogP contribution in [0.4, 0.5) is 0 Å². The number of ether oxygens (including phenoxy) is 1. The maximum absolute atomic E-state index is 11.6. The van der Waals surface area contributed by atoms with Gasteiger partial charge in [0.15, 0.2) is 0 Å². The summed E-state index contributed by atoms with van der Waals surface area (Å²) in [7, 11) is 0. The van der Waals surface area contributed by atoms with E-state index < -0.39 is 11.9 Å². The molecule has 17 heavy (non-hydrogen) atoms. The highest BCUT2D eigenvalue weighted by atomic mass is 16.5. The molecule has 0 aromatic carbocycles. The van der Waals surface area contributed by atoms with Gasteiger partial charge in [-0.25, -0.2) is 4.79 Å². The number of aryl methyl sites for hydroxylation is 1. The van der Waals surface area contributed by atoms with Crippen LogP contribution in [0.1, 0.15) is 25.1 Å². The average Bonchev–Trinajstić information content (AvgIpc) is 2.67. The Bertz CT molecular complexity index is 533. The summed E-state index contributed by atoms with van der Waals surface area (Å²) >= 11 is 0. The molecule has 6 heteroatoms. The van der Waals surface area contributed by atoms with E-state index in [0.29, 0.717) is 18.6 Å². The molecule has 1 aromatic heterocycles. The lowest BCUT2D eigenvalue weighted by molar-refractivity contribution is 0.0412. The first-order chi connectivity index (χ1) is 7.95. The topological polar surface area (TPSA) is 84.3 Å². The van der Waals surface area contributed by atoms with Crippen LogP contribution in [0.5, 0.6) is 0 Å². The van der Waals surface area contributed by atoms with Gasteiger partial charge in [0.25, 0.3) is 5.56 Å². The largest absolute Gasteiger partial charge is 0.396 e. The quantitative estimate of drug-likeness (QED) is 0.747. The predicted molar refractivity (Wildman–Crippen MR) is 60.9 cm³/mol. The molecule has 0 aliphatic carbocycles.